The highest BCUT2D eigenvalue weighted by Crippen LogP contribution is 2.23. The molecule has 1 heterocycles. The van der Waals surface area contributed by atoms with E-state index in [2.05, 4.69) is 36.4 Å². The van der Waals surface area contributed by atoms with Crippen molar-refractivity contribution in [2.24, 2.45) is 0 Å². The fraction of sp³-hybridized carbons (Fsp3) is 0.333. The highest BCUT2D eigenvalue weighted by atomic mass is 32.2. The Morgan fingerprint density at radius 1 is 1.12 bits per heavy atom. The molecule has 1 aromatic carbocycles. The number of carbonyl (C=O) groups is 1. The van der Waals surface area contributed by atoms with Gasteiger partial charge in [0.25, 0.3) is 0 Å². The SMILES string of the molecule is CC(C)(C)c1ccc(S(=O)(=O)CCNC(=O)Nc2cccnc2)cc1. The van der Waals surface area contributed by atoms with Gasteiger partial charge in [0, 0.05) is 12.7 Å². The van der Waals surface area contributed by atoms with E-state index in [-0.39, 0.29) is 22.6 Å². The standard InChI is InChI=1S/C18H23N3O3S/c1-18(2,3)14-6-8-16(9-7-14)25(23,24)12-11-20-17(22)21-15-5-4-10-19-13-15/h4-10,13H,11-12H2,1-3H3,(H2,20,21,22). The number of amides is 2. The van der Waals surface area contributed by atoms with Crippen LogP contribution < -0.4 is 10.6 Å². The summed E-state index contributed by atoms with van der Waals surface area (Å²) in [5.41, 5.74) is 1.58. The van der Waals surface area contributed by atoms with E-state index in [0.29, 0.717) is 5.69 Å². The number of sulfone groups is 1. The van der Waals surface area contributed by atoms with Crippen LogP contribution in [0.15, 0.2) is 53.7 Å². The maximum atomic E-state index is 12.4. The summed E-state index contributed by atoms with van der Waals surface area (Å²) in [5, 5.41) is 5.12. The summed E-state index contributed by atoms with van der Waals surface area (Å²) in [6.45, 7) is 6.24. The van der Waals surface area contributed by atoms with Crippen LogP contribution >= 0.6 is 0 Å². The Labute approximate surface area is 148 Å². The van der Waals surface area contributed by atoms with Gasteiger partial charge in [-0.25, -0.2) is 13.2 Å². The van der Waals surface area contributed by atoms with Gasteiger partial charge >= 0.3 is 6.03 Å². The molecule has 0 saturated carbocycles. The second-order valence-corrected chi connectivity index (χ2v) is 8.82. The molecule has 0 saturated heterocycles. The summed E-state index contributed by atoms with van der Waals surface area (Å²) in [5.74, 6) is -0.164. The van der Waals surface area contributed by atoms with Crippen LogP contribution in [0.4, 0.5) is 10.5 Å². The number of benzene rings is 1. The predicted molar refractivity (Wildman–Crippen MR) is 98.5 cm³/mol. The number of carbonyl (C=O) groups excluding carboxylic acids is 1. The van der Waals surface area contributed by atoms with Crippen LogP contribution in [0.25, 0.3) is 0 Å². The molecule has 134 valence electrons. The third-order valence-electron chi connectivity index (χ3n) is 3.66. The first kappa shape index (κ1) is 18.9. The molecule has 0 unspecified atom stereocenters. The van der Waals surface area contributed by atoms with E-state index in [1.807, 2.05) is 12.1 Å². The minimum atomic E-state index is -3.45. The number of pyridine rings is 1. The first-order chi connectivity index (χ1) is 11.7. The molecule has 0 fully saturated rings. The highest BCUT2D eigenvalue weighted by Gasteiger charge is 2.17. The maximum Gasteiger partial charge on any atom is 0.319 e. The molecule has 2 amide bonds. The number of hydrogen-bond donors (Lipinski definition) is 2. The zero-order valence-corrected chi connectivity index (χ0v) is 15.4. The van der Waals surface area contributed by atoms with Gasteiger partial charge in [0.05, 0.1) is 22.5 Å². The van der Waals surface area contributed by atoms with E-state index < -0.39 is 15.9 Å². The van der Waals surface area contributed by atoms with E-state index >= 15 is 0 Å². The van der Waals surface area contributed by atoms with Crippen molar-refractivity contribution in [1.29, 1.82) is 0 Å². The summed E-state index contributed by atoms with van der Waals surface area (Å²) in [4.78, 5) is 15.9. The summed E-state index contributed by atoms with van der Waals surface area (Å²) >= 11 is 0. The molecule has 25 heavy (non-hydrogen) atoms. The summed E-state index contributed by atoms with van der Waals surface area (Å²) in [6.07, 6.45) is 3.10. The number of rotatable bonds is 5. The van der Waals surface area contributed by atoms with Crippen molar-refractivity contribution in [3.63, 3.8) is 0 Å². The zero-order valence-electron chi connectivity index (χ0n) is 14.6. The van der Waals surface area contributed by atoms with Crippen LogP contribution in [-0.2, 0) is 15.3 Å². The van der Waals surface area contributed by atoms with Crippen molar-refractivity contribution in [3.8, 4) is 0 Å². The number of nitrogens with one attached hydrogen (secondary N) is 2. The molecule has 0 aliphatic rings. The number of anilines is 1. The lowest BCUT2D eigenvalue weighted by atomic mass is 9.87. The van der Waals surface area contributed by atoms with Crippen LogP contribution in [0, 0.1) is 0 Å². The van der Waals surface area contributed by atoms with E-state index in [0.717, 1.165) is 5.56 Å². The molecule has 0 aliphatic carbocycles. The molecule has 0 radical (unpaired) electrons. The van der Waals surface area contributed by atoms with Crippen molar-refractivity contribution in [2.75, 3.05) is 17.6 Å². The first-order valence-electron chi connectivity index (χ1n) is 7.97. The monoisotopic (exact) mass is 361 g/mol. The van der Waals surface area contributed by atoms with Gasteiger partial charge in [-0.1, -0.05) is 32.9 Å². The maximum absolute atomic E-state index is 12.4. The lowest BCUT2D eigenvalue weighted by molar-refractivity contribution is 0.252. The second kappa shape index (κ2) is 7.65. The Kier molecular flexibility index (Phi) is 5.79. The molecule has 0 aliphatic heterocycles. The average Bonchev–Trinajstić information content (AvgIpc) is 2.55. The van der Waals surface area contributed by atoms with Gasteiger partial charge in [0.2, 0.25) is 0 Å². The second-order valence-electron chi connectivity index (χ2n) is 6.72. The van der Waals surface area contributed by atoms with Crippen LogP contribution in [0.5, 0.6) is 0 Å². The number of nitrogens with zero attached hydrogens (tertiary/aromatic N) is 1. The molecular weight excluding hydrogens is 338 g/mol. The quantitative estimate of drug-likeness (QED) is 0.857. The molecule has 7 heteroatoms. The molecule has 0 atom stereocenters. The molecular formula is C18H23N3O3S. The Balaban J connectivity index is 1.90. The van der Waals surface area contributed by atoms with Crippen LogP contribution in [0.2, 0.25) is 0 Å². The minimum Gasteiger partial charge on any atom is -0.337 e. The van der Waals surface area contributed by atoms with E-state index in [9.17, 15) is 13.2 Å². The fourth-order valence-electron chi connectivity index (χ4n) is 2.19. The van der Waals surface area contributed by atoms with Gasteiger partial charge in [-0.05, 0) is 35.2 Å². The van der Waals surface area contributed by atoms with E-state index in [1.54, 1.807) is 30.5 Å². The Hall–Kier alpha value is -2.41. The van der Waals surface area contributed by atoms with E-state index in [1.165, 1.54) is 6.20 Å². The van der Waals surface area contributed by atoms with Gasteiger partial charge in [0.15, 0.2) is 9.84 Å². The van der Waals surface area contributed by atoms with Crippen molar-refractivity contribution in [3.05, 3.63) is 54.4 Å². The van der Waals surface area contributed by atoms with Gasteiger partial charge in [-0.2, -0.15) is 0 Å². The minimum absolute atomic E-state index is 0.0233. The summed E-state index contributed by atoms with van der Waals surface area (Å²) in [6, 6.07) is 9.81. The van der Waals surface area contributed by atoms with E-state index in [4.69, 9.17) is 0 Å². The van der Waals surface area contributed by atoms with Gasteiger partial charge < -0.3 is 10.6 Å². The van der Waals surface area contributed by atoms with Crippen LogP contribution in [-0.4, -0.2) is 31.7 Å². The average molecular weight is 361 g/mol. The Morgan fingerprint density at radius 2 is 1.80 bits per heavy atom. The number of urea groups is 1. The highest BCUT2D eigenvalue weighted by molar-refractivity contribution is 7.91. The molecule has 2 N–H and O–H groups in total. The van der Waals surface area contributed by atoms with Crippen molar-refractivity contribution >= 4 is 21.6 Å². The normalized spacial score (nSPS) is 11.8. The predicted octanol–water partition coefficient (Wildman–Crippen LogP) is 2.97. The first-order valence-corrected chi connectivity index (χ1v) is 9.62. The number of aromatic nitrogens is 1. The topological polar surface area (TPSA) is 88.2 Å². The largest absolute Gasteiger partial charge is 0.337 e. The van der Waals surface area contributed by atoms with Gasteiger partial charge in [-0.3, -0.25) is 4.98 Å². The smallest absolute Gasteiger partial charge is 0.319 e. The Morgan fingerprint density at radius 3 is 2.36 bits per heavy atom. The fourth-order valence-corrected chi connectivity index (χ4v) is 3.35. The summed E-state index contributed by atoms with van der Waals surface area (Å²) < 4.78 is 24.7. The van der Waals surface area contributed by atoms with Gasteiger partial charge in [-0.15, -0.1) is 0 Å². The summed E-state index contributed by atoms with van der Waals surface area (Å²) in [7, 11) is -3.45. The lowest BCUT2D eigenvalue weighted by Crippen LogP contribution is -2.32. The molecule has 1 aromatic heterocycles. The lowest BCUT2D eigenvalue weighted by Gasteiger charge is -2.19. The van der Waals surface area contributed by atoms with Gasteiger partial charge in [0.1, 0.15) is 0 Å². The Bertz CT molecular complexity index is 811. The third-order valence-corrected chi connectivity index (χ3v) is 5.39. The zero-order chi connectivity index (χ0) is 18.5. The molecule has 2 rings (SSSR count). The molecule has 2 aromatic rings. The van der Waals surface area contributed by atoms with Crippen molar-refractivity contribution < 1.29 is 13.2 Å². The number of hydrogen-bond acceptors (Lipinski definition) is 4. The van der Waals surface area contributed by atoms with Crippen molar-refractivity contribution in [1.82, 2.24) is 10.3 Å². The van der Waals surface area contributed by atoms with Crippen LogP contribution in [0.3, 0.4) is 0 Å². The molecule has 0 bridgehead atoms. The molecule has 6 nitrogen and oxygen atoms in total. The van der Waals surface area contributed by atoms with Crippen LogP contribution in [0.1, 0.15) is 26.3 Å². The van der Waals surface area contributed by atoms with Crippen molar-refractivity contribution in [2.45, 2.75) is 31.1 Å². The molecule has 0 spiro atoms. The third kappa shape index (κ3) is 5.56.